The minimum atomic E-state index is 0.326. The second-order valence-electron chi connectivity index (χ2n) is 4.69. The van der Waals surface area contributed by atoms with Gasteiger partial charge in [-0.05, 0) is 12.8 Å². The van der Waals surface area contributed by atoms with Crippen LogP contribution in [0.2, 0.25) is 0 Å². The highest BCUT2D eigenvalue weighted by Gasteiger charge is 2.06. The van der Waals surface area contributed by atoms with Crippen molar-refractivity contribution < 1.29 is 4.79 Å². The summed E-state index contributed by atoms with van der Waals surface area (Å²) in [7, 11) is 1.93. The third-order valence-electron chi connectivity index (χ3n) is 3.02. The van der Waals surface area contributed by atoms with E-state index in [0.29, 0.717) is 5.91 Å². The fourth-order valence-electron chi connectivity index (χ4n) is 1.79. The zero-order chi connectivity index (χ0) is 12.2. The Bertz CT molecular complexity index is 168. The van der Waals surface area contributed by atoms with Gasteiger partial charge in [0.2, 0.25) is 5.91 Å². The minimum absolute atomic E-state index is 0.326. The number of hydrogen-bond donors (Lipinski definition) is 0. The molecule has 0 aliphatic carbocycles. The maximum Gasteiger partial charge on any atom is 0.222 e. The average Bonchev–Trinajstić information content (AvgIpc) is 2.28. The Hall–Kier alpha value is -0.530. The summed E-state index contributed by atoms with van der Waals surface area (Å²) < 4.78 is 0. The lowest BCUT2D eigenvalue weighted by atomic mass is 10.1. The summed E-state index contributed by atoms with van der Waals surface area (Å²) in [5.41, 5.74) is 0. The normalized spacial score (nSPS) is 10.4. The molecule has 16 heavy (non-hydrogen) atoms. The molecule has 0 fully saturated rings. The summed E-state index contributed by atoms with van der Waals surface area (Å²) >= 11 is 0. The van der Waals surface area contributed by atoms with Gasteiger partial charge in [0.1, 0.15) is 0 Å². The van der Waals surface area contributed by atoms with Gasteiger partial charge in [-0.1, -0.05) is 52.4 Å². The van der Waals surface area contributed by atoms with Crippen molar-refractivity contribution in [2.45, 2.75) is 71.6 Å². The highest BCUT2D eigenvalue weighted by molar-refractivity contribution is 5.75. The Morgan fingerprint density at radius 1 is 0.875 bits per heavy atom. The zero-order valence-electron chi connectivity index (χ0n) is 11.4. The van der Waals surface area contributed by atoms with Crippen molar-refractivity contribution in [2.24, 2.45) is 0 Å². The predicted octanol–water partition coefficient (Wildman–Crippen LogP) is 4.00. The van der Waals surface area contributed by atoms with E-state index in [4.69, 9.17) is 0 Å². The summed E-state index contributed by atoms with van der Waals surface area (Å²) in [6.45, 7) is 5.34. The molecule has 96 valence electrons. The maximum atomic E-state index is 11.7. The molecule has 2 heteroatoms. The number of nitrogens with zero attached hydrogens (tertiary/aromatic N) is 1. The number of rotatable bonds is 10. The maximum absolute atomic E-state index is 11.7. The van der Waals surface area contributed by atoms with Gasteiger partial charge in [0.25, 0.3) is 0 Å². The van der Waals surface area contributed by atoms with E-state index in [1.165, 1.54) is 38.5 Å². The quantitative estimate of drug-likeness (QED) is 0.517. The zero-order valence-corrected chi connectivity index (χ0v) is 11.4. The monoisotopic (exact) mass is 227 g/mol. The lowest BCUT2D eigenvalue weighted by molar-refractivity contribution is -0.130. The average molecular weight is 227 g/mol. The van der Waals surface area contributed by atoms with Gasteiger partial charge in [-0.2, -0.15) is 0 Å². The molecule has 0 aromatic heterocycles. The van der Waals surface area contributed by atoms with Crippen molar-refractivity contribution in [3.8, 4) is 0 Å². The lowest BCUT2D eigenvalue weighted by Gasteiger charge is -2.16. The second kappa shape index (κ2) is 11.0. The van der Waals surface area contributed by atoms with Crippen molar-refractivity contribution >= 4 is 5.91 Å². The molecule has 0 radical (unpaired) electrons. The van der Waals surface area contributed by atoms with Crippen LogP contribution >= 0.6 is 0 Å². The van der Waals surface area contributed by atoms with Gasteiger partial charge in [-0.25, -0.2) is 0 Å². The molecular weight excluding hydrogens is 198 g/mol. The fraction of sp³-hybridized carbons (Fsp3) is 0.929. The van der Waals surface area contributed by atoms with E-state index in [-0.39, 0.29) is 0 Å². The molecule has 0 aliphatic heterocycles. The third kappa shape index (κ3) is 8.75. The van der Waals surface area contributed by atoms with E-state index in [1.54, 1.807) is 0 Å². The van der Waals surface area contributed by atoms with E-state index >= 15 is 0 Å². The third-order valence-corrected chi connectivity index (χ3v) is 3.02. The van der Waals surface area contributed by atoms with Crippen LogP contribution in [-0.2, 0) is 4.79 Å². The molecule has 0 saturated heterocycles. The SMILES string of the molecule is CCCCCCCC(=O)N(C)CCCCC. The first-order chi connectivity index (χ1) is 7.72. The first-order valence-electron chi connectivity index (χ1n) is 6.96. The number of carbonyl (C=O) groups excluding carboxylic acids is 1. The molecule has 0 aromatic rings. The summed E-state index contributed by atoms with van der Waals surface area (Å²) in [5, 5.41) is 0. The standard InChI is InChI=1S/C14H29NO/c1-4-6-8-9-10-12-14(16)15(3)13-11-7-5-2/h4-13H2,1-3H3. The molecule has 0 heterocycles. The summed E-state index contributed by atoms with van der Waals surface area (Å²) in [6.07, 6.45) is 10.5. The van der Waals surface area contributed by atoms with E-state index < -0.39 is 0 Å². The first-order valence-corrected chi connectivity index (χ1v) is 6.96. The Morgan fingerprint density at radius 2 is 1.44 bits per heavy atom. The van der Waals surface area contributed by atoms with E-state index in [1.807, 2.05) is 11.9 Å². The largest absolute Gasteiger partial charge is 0.346 e. The van der Waals surface area contributed by atoms with Crippen LogP contribution in [0.15, 0.2) is 0 Å². The molecule has 0 aromatic carbocycles. The molecule has 0 unspecified atom stereocenters. The van der Waals surface area contributed by atoms with Gasteiger partial charge in [0.15, 0.2) is 0 Å². The second-order valence-corrected chi connectivity index (χ2v) is 4.69. The van der Waals surface area contributed by atoms with Crippen LogP contribution in [0.3, 0.4) is 0 Å². The molecule has 0 aliphatic rings. The van der Waals surface area contributed by atoms with Crippen molar-refractivity contribution in [2.75, 3.05) is 13.6 Å². The highest BCUT2D eigenvalue weighted by atomic mass is 16.2. The molecule has 0 N–H and O–H groups in total. The van der Waals surface area contributed by atoms with Crippen LogP contribution in [-0.4, -0.2) is 24.4 Å². The Labute approximate surface area is 101 Å². The Balaban J connectivity index is 3.40. The molecule has 0 bridgehead atoms. The summed E-state index contributed by atoms with van der Waals surface area (Å²) in [5.74, 6) is 0.326. The van der Waals surface area contributed by atoms with E-state index in [9.17, 15) is 4.79 Å². The minimum Gasteiger partial charge on any atom is -0.346 e. The van der Waals surface area contributed by atoms with Gasteiger partial charge in [0, 0.05) is 20.0 Å². The lowest BCUT2D eigenvalue weighted by Crippen LogP contribution is -2.27. The van der Waals surface area contributed by atoms with Crippen LogP contribution in [0.5, 0.6) is 0 Å². The van der Waals surface area contributed by atoms with Crippen LogP contribution in [0.1, 0.15) is 71.6 Å². The molecule has 0 spiro atoms. The van der Waals surface area contributed by atoms with Crippen LogP contribution in [0, 0.1) is 0 Å². The molecule has 0 rings (SSSR count). The molecule has 0 atom stereocenters. The van der Waals surface area contributed by atoms with Crippen molar-refractivity contribution in [1.29, 1.82) is 0 Å². The van der Waals surface area contributed by atoms with Crippen LogP contribution in [0.4, 0.5) is 0 Å². The number of carbonyl (C=O) groups is 1. The van der Waals surface area contributed by atoms with Gasteiger partial charge < -0.3 is 4.90 Å². The van der Waals surface area contributed by atoms with Gasteiger partial charge >= 0.3 is 0 Å². The van der Waals surface area contributed by atoms with Crippen molar-refractivity contribution in [3.63, 3.8) is 0 Å². The van der Waals surface area contributed by atoms with Crippen molar-refractivity contribution in [1.82, 2.24) is 4.90 Å². The van der Waals surface area contributed by atoms with Crippen molar-refractivity contribution in [3.05, 3.63) is 0 Å². The van der Waals surface area contributed by atoms with Gasteiger partial charge in [-0.15, -0.1) is 0 Å². The van der Waals surface area contributed by atoms with Gasteiger partial charge in [0.05, 0.1) is 0 Å². The highest BCUT2D eigenvalue weighted by Crippen LogP contribution is 2.07. The number of amides is 1. The fourth-order valence-corrected chi connectivity index (χ4v) is 1.79. The molecule has 0 saturated carbocycles. The molecule has 2 nitrogen and oxygen atoms in total. The summed E-state index contributed by atoms with van der Waals surface area (Å²) in [4.78, 5) is 13.6. The van der Waals surface area contributed by atoms with Crippen LogP contribution < -0.4 is 0 Å². The summed E-state index contributed by atoms with van der Waals surface area (Å²) in [6, 6.07) is 0. The number of unbranched alkanes of at least 4 members (excludes halogenated alkanes) is 6. The first kappa shape index (κ1) is 15.5. The van der Waals surface area contributed by atoms with Gasteiger partial charge in [-0.3, -0.25) is 4.79 Å². The molecule has 1 amide bonds. The Kier molecular flexibility index (Phi) is 10.6. The molecular formula is C14H29NO. The Morgan fingerprint density at radius 3 is 2.06 bits per heavy atom. The smallest absolute Gasteiger partial charge is 0.222 e. The van der Waals surface area contributed by atoms with E-state index in [0.717, 1.165) is 25.8 Å². The van der Waals surface area contributed by atoms with Crippen LogP contribution in [0.25, 0.3) is 0 Å². The topological polar surface area (TPSA) is 20.3 Å². The van der Waals surface area contributed by atoms with E-state index in [2.05, 4.69) is 13.8 Å². The predicted molar refractivity (Wildman–Crippen MR) is 70.5 cm³/mol. The number of hydrogen-bond acceptors (Lipinski definition) is 1.